The minimum absolute atomic E-state index is 0.0713. The second kappa shape index (κ2) is 13.3. The molecule has 2 aromatic rings. The van der Waals surface area contributed by atoms with Crippen molar-refractivity contribution in [2.45, 2.75) is 63.4 Å². The molecule has 0 bridgehead atoms. The van der Waals surface area contributed by atoms with E-state index in [-0.39, 0.29) is 23.6 Å². The lowest BCUT2D eigenvalue weighted by Crippen LogP contribution is -2.51. The van der Waals surface area contributed by atoms with Gasteiger partial charge in [0.25, 0.3) is 0 Å². The lowest BCUT2D eigenvalue weighted by atomic mass is 10.1. The maximum Gasteiger partial charge on any atom is 0.243 e. The quantitative estimate of drug-likeness (QED) is 0.387. The Kier molecular flexibility index (Phi) is 10.4. The van der Waals surface area contributed by atoms with Crippen molar-refractivity contribution in [3.05, 3.63) is 63.6 Å². The Labute approximate surface area is 216 Å². The zero-order valence-corrected chi connectivity index (χ0v) is 22.0. The third-order valence-electron chi connectivity index (χ3n) is 6.08. The molecule has 0 radical (unpaired) electrons. The van der Waals surface area contributed by atoms with E-state index in [1.807, 2.05) is 37.3 Å². The number of amides is 2. The normalized spacial score (nSPS) is 14.6. The van der Waals surface area contributed by atoms with Crippen molar-refractivity contribution in [3.8, 4) is 5.75 Å². The molecular weight excluding hydrogens is 491 g/mol. The lowest BCUT2D eigenvalue weighted by Gasteiger charge is -2.31. The summed E-state index contributed by atoms with van der Waals surface area (Å²) in [5.74, 6) is 1.62. The predicted octanol–water partition coefficient (Wildman–Crippen LogP) is 6.10. The molecule has 0 aromatic heterocycles. The van der Waals surface area contributed by atoms with E-state index in [2.05, 4.69) is 5.32 Å². The smallest absolute Gasteiger partial charge is 0.243 e. The van der Waals surface area contributed by atoms with Crippen LogP contribution in [0.2, 0.25) is 10.0 Å². The van der Waals surface area contributed by atoms with Crippen LogP contribution in [-0.2, 0) is 21.9 Å². The van der Waals surface area contributed by atoms with E-state index < -0.39 is 6.04 Å². The Morgan fingerprint density at radius 1 is 1.09 bits per heavy atom. The monoisotopic (exact) mass is 522 g/mol. The first kappa shape index (κ1) is 26.7. The molecule has 0 aliphatic heterocycles. The molecule has 1 atom stereocenters. The molecule has 1 fully saturated rings. The van der Waals surface area contributed by atoms with Gasteiger partial charge < -0.3 is 15.0 Å². The summed E-state index contributed by atoms with van der Waals surface area (Å²) in [7, 11) is 1.64. The molecule has 1 unspecified atom stereocenters. The van der Waals surface area contributed by atoms with Crippen molar-refractivity contribution in [1.82, 2.24) is 10.2 Å². The van der Waals surface area contributed by atoms with E-state index >= 15 is 0 Å². The molecule has 184 valence electrons. The third kappa shape index (κ3) is 7.56. The molecule has 0 spiro atoms. The molecule has 1 aliphatic carbocycles. The average molecular weight is 524 g/mol. The summed E-state index contributed by atoms with van der Waals surface area (Å²) in [5, 5.41) is 4.06. The van der Waals surface area contributed by atoms with Gasteiger partial charge in [0, 0.05) is 18.3 Å². The van der Waals surface area contributed by atoms with E-state index in [9.17, 15) is 9.59 Å². The predicted molar refractivity (Wildman–Crippen MR) is 141 cm³/mol. The van der Waals surface area contributed by atoms with Crippen LogP contribution in [0.25, 0.3) is 0 Å². The molecule has 1 saturated carbocycles. The maximum absolute atomic E-state index is 13.4. The van der Waals surface area contributed by atoms with Gasteiger partial charge in [-0.3, -0.25) is 9.59 Å². The van der Waals surface area contributed by atoms with Crippen LogP contribution in [-0.4, -0.2) is 41.7 Å². The number of nitrogens with zero attached hydrogens (tertiary/aromatic N) is 1. The van der Waals surface area contributed by atoms with E-state index in [1.54, 1.807) is 24.1 Å². The summed E-state index contributed by atoms with van der Waals surface area (Å²) in [6.07, 6.45) is 4.81. The molecule has 0 saturated heterocycles. The standard InChI is InChI=1S/C26H32Cl2N2O3S/c1-3-24(26(32)29-20-6-4-5-7-20)30(15-19-10-13-22(27)23(28)14-19)25(31)17-34-16-18-8-11-21(33-2)12-9-18/h8-14,20,24H,3-7,15-17H2,1-2H3,(H,29,32). The number of thioether (sulfide) groups is 1. The van der Waals surface area contributed by atoms with Crippen LogP contribution in [0.15, 0.2) is 42.5 Å². The van der Waals surface area contributed by atoms with Gasteiger partial charge in [-0.1, -0.05) is 61.2 Å². The van der Waals surface area contributed by atoms with E-state index in [0.29, 0.717) is 28.8 Å². The van der Waals surface area contributed by atoms with Gasteiger partial charge in [0.05, 0.1) is 22.9 Å². The second-order valence-corrected chi connectivity index (χ2v) is 10.3. The van der Waals surface area contributed by atoms with Gasteiger partial charge >= 0.3 is 0 Å². The highest BCUT2D eigenvalue weighted by molar-refractivity contribution is 7.99. The van der Waals surface area contributed by atoms with Crippen LogP contribution in [0, 0.1) is 0 Å². The fraction of sp³-hybridized carbons (Fsp3) is 0.462. The molecule has 0 heterocycles. The summed E-state index contributed by atoms with van der Waals surface area (Å²) >= 11 is 13.8. The van der Waals surface area contributed by atoms with Crippen molar-refractivity contribution < 1.29 is 14.3 Å². The third-order valence-corrected chi connectivity index (χ3v) is 7.81. The minimum Gasteiger partial charge on any atom is -0.497 e. The molecule has 34 heavy (non-hydrogen) atoms. The number of halogens is 2. The number of nitrogens with one attached hydrogen (secondary N) is 1. The van der Waals surface area contributed by atoms with Crippen LogP contribution in [0.3, 0.4) is 0 Å². The number of benzene rings is 2. The highest BCUT2D eigenvalue weighted by Crippen LogP contribution is 2.25. The average Bonchev–Trinajstić information content (AvgIpc) is 3.34. The Morgan fingerprint density at radius 3 is 2.38 bits per heavy atom. The molecule has 8 heteroatoms. The number of hydrogen-bond donors (Lipinski definition) is 1. The molecule has 1 N–H and O–H groups in total. The Hall–Kier alpha value is -1.89. The van der Waals surface area contributed by atoms with Gasteiger partial charge in [-0.2, -0.15) is 0 Å². The number of rotatable bonds is 11. The van der Waals surface area contributed by atoms with Crippen molar-refractivity contribution in [2.75, 3.05) is 12.9 Å². The number of carbonyl (C=O) groups excluding carboxylic acids is 2. The summed E-state index contributed by atoms with van der Waals surface area (Å²) in [6.45, 7) is 2.24. The topological polar surface area (TPSA) is 58.6 Å². The van der Waals surface area contributed by atoms with Crippen molar-refractivity contribution in [1.29, 1.82) is 0 Å². The van der Waals surface area contributed by atoms with Crippen LogP contribution >= 0.6 is 35.0 Å². The highest BCUT2D eigenvalue weighted by Gasteiger charge is 2.30. The molecule has 2 aromatic carbocycles. The van der Waals surface area contributed by atoms with Gasteiger partial charge in [-0.25, -0.2) is 0 Å². The first-order valence-electron chi connectivity index (χ1n) is 11.7. The summed E-state index contributed by atoms with van der Waals surface area (Å²) in [6, 6.07) is 12.8. The summed E-state index contributed by atoms with van der Waals surface area (Å²) < 4.78 is 5.20. The summed E-state index contributed by atoms with van der Waals surface area (Å²) in [5.41, 5.74) is 1.95. The Morgan fingerprint density at radius 2 is 1.76 bits per heavy atom. The fourth-order valence-corrected chi connectivity index (χ4v) is 5.37. The Balaban J connectivity index is 1.70. The van der Waals surface area contributed by atoms with Crippen LogP contribution < -0.4 is 10.1 Å². The first-order chi connectivity index (χ1) is 16.4. The first-order valence-corrected chi connectivity index (χ1v) is 13.6. The van der Waals surface area contributed by atoms with Gasteiger partial charge in [-0.15, -0.1) is 11.8 Å². The highest BCUT2D eigenvalue weighted by atomic mass is 35.5. The SMILES string of the molecule is CCC(C(=O)NC1CCCC1)N(Cc1ccc(Cl)c(Cl)c1)C(=O)CSCc1ccc(OC)cc1. The number of hydrogen-bond acceptors (Lipinski definition) is 4. The maximum atomic E-state index is 13.4. The second-order valence-electron chi connectivity index (χ2n) is 8.52. The molecule has 3 rings (SSSR count). The minimum atomic E-state index is -0.538. The van der Waals surface area contributed by atoms with Gasteiger partial charge in [0.2, 0.25) is 11.8 Å². The van der Waals surface area contributed by atoms with E-state index in [0.717, 1.165) is 42.6 Å². The van der Waals surface area contributed by atoms with Crippen molar-refractivity contribution in [3.63, 3.8) is 0 Å². The van der Waals surface area contributed by atoms with Crippen LogP contribution in [0.5, 0.6) is 5.75 Å². The summed E-state index contributed by atoms with van der Waals surface area (Å²) in [4.78, 5) is 28.2. The van der Waals surface area contributed by atoms with Gasteiger partial charge in [0.1, 0.15) is 11.8 Å². The van der Waals surface area contributed by atoms with E-state index in [1.165, 1.54) is 11.8 Å². The van der Waals surface area contributed by atoms with Crippen LogP contribution in [0.1, 0.15) is 50.2 Å². The fourth-order valence-electron chi connectivity index (χ4n) is 4.18. The number of carbonyl (C=O) groups is 2. The van der Waals surface area contributed by atoms with Crippen LogP contribution in [0.4, 0.5) is 0 Å². The number of ether oxygens (including phenoxy) is 1. The zero-order chi connectivity index (χ0) is 24.5. The van der Waals surface area contributed by atoms with Gasteiger partial charge in [-0.05, 0) is 54.7 Å². The number of methoxy groups -OCH3 is 1. The van der Waals surface area contributed by atoms with Gasteiger partial charge in [0.15, 0.2) is 0 Å². The molecule has 1 aliphatic rings. The van der Waals surface area contributed by atoms with Crippen molar-refractivity contribution in [2.24, 2.45) is 0 Å². The molecular formula is C26H32Cl2N2O3S. The Bertz CT molecular complexity index is 965. The molecule has 2 amide bonds. The molecule has 5 nitrogen and oxygen atoms in total. The lowest BCUT2D eigenvalue weighted by molar-refractivity contribution is -0.139. The van der Waals surface area contributed by atoms with E-state index in [4.69, 9.17) is 27.9 Å². The largest absolute Gasteiger partial charge is 0.497 e. The van der Waals surface area contributed by atoms with Crippen molar-refractivity contribution >= 4 is 46.8 Å². The zero-order valence-electron chi connectivity index (χ0n) is 19.7.